The lowest BCUT2D eigenvalue weighted by Crippen LogP contribution is -2.58. The van der Waals surface area contributed by atoms with Crippen LogP contribution in [0.1, 0.15) is 29.5 Å². The maximum atomic E-state index is 13.3. The summed E-state index contributed by atoms with van der Waals surface area (Å²) >= 11 is 0. The minimum Gasteiger partial charge on any atom is -0.508 e. The fourth-order valence-electron chi connectivity index (χ4n) is 4.94. The molecular weight excluding hydrogens is 402 g/mol. The fraction of sp³-hybridized carbons (Fsp3) is 0.261. The van der Waals surface area contributed by atoms with Crippen molar-refractivity contribution in [3.63, 3.8) is 0 Å². The molecule has 0 spiro atoms. The van der Waals surface area contributed by atoms with E-state index >= 15 is 0 Å². The maximum absolute atomic E-state index is 13.3. The molecule has 1 amide bonds. The lowest BCUT2D eigenvalue weighted by atomic mass is 9.59. The van der Waals surface area contributed by atoms with Gasteiger partial charge in [0, 0.05) is 17.9 Å². The predicted octanol–water partition coefficient (Wildman–Crippen LogP) is 1.07. The Bertz CT molecular complexity index is 1200. The fourth-order valence-corrected chi connectivity index (χ4v) is 4.94. The number of aliphatic hydroxyl groups excluding tert-OH is 2. The zero-order valence-electron chi connectivity index (χ0n) is 16.3. The first-order chi connectivity index (χ1) is 14.6. The summed E-state index contributed by atoms with van der Waals surface area (Å²) in [6.45, 7) is 0. The van der Waals surface area contributed by atoms with Crippen molar-refractivity contribution in [1.82, 2.24) is 0 Å². The number of ketones is 2. The van der Waals surface area contributed by atoms with Crippen LogP contribution in [0, 0.1) is 24.2 Å². The molecule has 4 rings (SSSR count). The quantitative estimate of drug-likeness (QED) is 0.353. The van der Waals surface area contributed by atoms with Crippen LogP contribution < -0.4 is 5.73 Å². The van der Waals surface area contributed by atoms with Gasteiger partial charge in [-0.1, -0.05) is 12.0 Å². The SMILES string of the molecule is C#C/C=C/c1ccc(O)c2c1C[C@H]1C[C@H]3CC(=O)C(C(N)=O)=C(O)[C@@]3(O)C(=O)C1=C2O. The number of phenols is 1. The predicted molar refractivity (Wildman–Crippen MR) is 109 cm³/mol. The van der Waals surface area contributed by atoms with Crippen molar-refractivity contribution in [2.75, 3.05) is 0 Å². The van der Waals surface area contributed by atoms with Gasteiger partial charge in [-0.15, -0.1) is 6.42 Å². The zero-order chi connectivity index (χ0) is 22.7. The Labute approximate surface area is 177 Å². The molecule has 158 valence electrons. The van der Waals surface area contributed by atoms with Gasteiger partial charge >= 0.3 is 0 Å². The van der Waals surface area contributed by atoms with Crippen molar-refractivity contribution < 1.29 is 34.8 Å². The third-order valence-corrected chi connectivity index (χ3v) is 6.34. The highest BCUT2D eigenvalue weighted by atomic mass is 16.3. The van der Waals surface area contributed by atoms with Gasteiger partial charge in [0.25, 0.3) is 5.91 Å². The van der Waals surface area contributed by atoms with Crippen molar-refractivity contribution in [2.24, 2.45) is 17.6 Å². The number of aromatic hydroxyl groups is 1. The van der Waals surface area contributed by atoms with Crippen molar-refractivity contribution in [1.29, 1.82) is 0 Å². The first-order valence-electron chi connectivity index (χ1n) is 9.57. The number of carbonyl (C=O) groups excluding carboxylic acids is 3. The molecule has 0 bridgehead atoms. The Morgan fingerprint density at radius 3 is 2.58 bits per heavy atom. The van der Waals surface area contributed by atoms with E-state index in [0.29, 0.717) is 11.1 Å². The molecule has 1 aromatic rings. The lowest BCUT2D eigenvalue weighted by Gasteiger charge is -2.46. The summed E-state index contributed by atoms with van der Waals surface area (Å²) < 4.78 is 0. The van der Waals surface area contributed by atoms with Gasteiger partial charge in [-0.25, -0.2) is 0 Å². The minimum absolute atomic E-state index is 0.0336. The molecule has 3 aliphatic rings. The molecule has 3 atom stereocenters. The number of terminal acetylenes is 1. The molecule has 0 saturated heterocycles. The molecule has 0 heterocycles. The van der Waals surface area contributed by atoms with Crippen LogP contribution in [0.2, 0.25) is 0 Å². The van der Waals surface area contributed by atoms with E-state index in [0.717, 1.165) is 0 Å². The Balaban J connectivity index is 1.93. The van der Waals surface area contributed by atoms with Crippen molar-refractivity contribution in [3.05, 3.63) is 51.8 Å². The standard InChI is InChI=1S/C23H19NO7/c1-2-3-4-10-5-6-14(25)17-13(10)8-11-7-12-9-15(26)18(22(24)30)21(29)23(12,31)20(28)16(11)19(17)27/h1,3-6,11-12,25,27,29,31H,7-9H2,(H2,24,30)/b4-3+/t11-,12+,23+/m1/s1. The third-order valence-electron chi connectivity index (χ3n) is 6.34. The highest BCUT2D eigenvalue weighted by molar-refractivity contribution is 6.22. The Morgan fingerprint density at radius 1 is 1.23 bits per heavy atom. The van der Waals surface area contributed by atoms with Gasteiger partial charge in [0.2, 0.25) is 5.78 Å². The number of fused-ring (bicyclic) bond motifs is 3. The lowest BCUT2D eigenvalue weighted by molar-refractivity contribution is -0.147. The van der Waals surface area contributed by atoms with Crippen LogP contribution in [-0.4, -0.2) is 43.5 Å². The smallest absolute Gasteiger partial charge is 0.255 e. The summed E-state index contributed by atoms with van der Waals surface area (Å²) in [6.07, 6.45) is 8.32. The van der Waals surface area contributed by atoms with E-state index in [2.05, 4.69) is 5.92 Å². The first-order valence-corrected chi connectivity index (χ1v) is 9.57. The second-order valence-electron chi connectivity index (χ2n) is 7.93. The Hall–Kier alpha value is -3.83. The number of amides is 1. The largest absolute Gasteiger partial charge is 0.508 e. The first kappa shape index (κ1) is 20.4. The van der Waals surface area contributed by atoms with Crippen LogP contribution in [0.5, 0.6) is 5.75 Å². The highest BCUT2D eigenvalue weighted by Gasteiger charge is 2.60. The van der Waals surface area contributed by atoms with Crippen molar-refractivity contribution >= 4 is 29.3 Å². The average molecular weight is 421 g/mol. The van der Waals surface area contributed by atoms with Gasteiger partial charge in [0.05, 0.1) is 5.56 Å². The molecule has 8 heteroatoms. The van der Waals surface area contributed by atoms with Crippen LogP contribution in [0.15, 0.2) is 35.1 Å². The molecule has 0 radical (unpaired) electrons. The van der Waals surface area contributed by atoms with Gasteiger partial charge in [-0.3, -0.25) is 14.4 Å². The van der Waals surface area contributed by atoms with E-state index in [1.54, 1.807) is 12.1 Å². The van der Waals surface area contributed by atoms with Crippen molar-refractivity contribution in [2.45, 2.75) is 24.9 Å². The van der Waals surface area contributed by atoms with E-state index in [1.807, 2.05) is 0 Å². The van der Waals surface area contributed by atoms with Gasteiger partial charge in [-0.05, 0) is 48.1 Å². The summed E-state index contributed by atoms with van der Waals surface area (Å²) in [5, 5.41) is 43.0. The second kappa shape index (κ2) is 6.86. The number of benzene rings is 1. The van der Waals surface area contributed by atoms with Crippen LogP contribution in [0.25, 0.3) is 11.8 Å². The van der Waals surface area contributed by atoms with Gasteiger partial charge < -0.3 is 26.2 Å². The van der Waals surface area contributed by atoms with E-state index in [4.69, 9.17) is 12.2 Å². The molecule has 0 aliphatic heterocycles. The minimum atomic E-state index is -2.56. The number of allylic oxidation sites excluding steroid dienone is 1. The summed E-state index contributed by atoms with van der Waals surface area (Å²) in [5.41, 5.74) is 2.85. The van der Waals surface area contributed by atoms with Gasteiger partial charge in [0.1, 0.15) is 22.8 Å². The van der Waals surface area contributed by atoms with Crippen LogP contribution in [0.3, 0.4) is 0 Å². The number of carbonyl (C=O) groups is 3. The number of rotatable bonds is 2. The van der Waals surface area contributed by atoms with Crippen LogP contribution in [0.4, 0.5) is 0 Å². The molecule has 3 aliphatic carbocycles. The monoisotopic (exact) mass is 421 g/mol. The third kappa shape index (κ3) is 2.71. The number of primary amides is 1. The summed E-state index contributed by atoms with van der Waals surface area (Å²) in [4.78, 5) is 37.3. The average Bonchev–Trinajstić information content (AvgIpc) is 2.70. The number of aliphatic hydroxyl groups is 3. The summed E-state index contributed by atoms with van der Waals surface area (Å²) in [7, 11) is 0. The Morgan fingerprint density at radius 2 is 1.94 bits per heavy atom. The molecule has 1 saturated carbocycles. The molecule has 31 heavy (non-hydrogen) atoms. The second-order valence-corrected chi connectivity index (χ2v) is 7.93. The number of hydrogen-bond acceptors (Lipinski definition) is 7. The highest BCUT2D eigenvalue weighted by Crippen LogP contribution is 2.52. The van der Waals surface area contributed by atoms with Crippen LogP contribution in [-0.2, 0) is 20.8 Å². The van der Waals surface area contributed by atoms with Gasteiger partial charge in [0.15, 0.2) is 11.4 Å². The van der Waals surface area contributed by atoms with E-state index in [-0.39, 0.29) is 36.1 Å². The van der Waals surface area contributed by atoms with Crippen molar-refractivity contribution in [3.8, 4) is 18.1 Å². The normalized spacial score (nSPS) is 27.6. The molecule has 8 nitrogen and oxygen atoms in total. The summed E-state index contributed by atoms with van der Waals surface area (Å²) in [6, 6.07) is 2.97. The zero-order valence-corrected chi connectivity index (χ0v) is 16.3. The van der Waals surface area contributed by atoms with Crippen LogP contribution >= 0.6 is 0 Å². The van der Waals surface area contributed by atoms with Gasteiger partial charge in [-0.2, -0.15) is 0 Å². The number of Topliss-reactive ketones (excluding diaryl/α,β-unsaturated/α-hetero) is 2. The number of hydrogen-bond donors (Lipinski definition) is 5. The number of phenolic OH excluding ortho intramolecular Hbond substituents is 1. The summed E-state index contributed by atoms with van der Waals surface area (Å²) in [5.74, 6) is -4.13. The molecule has 1 fully saturated rings. The number of nitrogens with two attached hydrogens (primary N) is 1. The van der Waals surface area contributed by atoms with E-state index < -0.39 is 52.0 Å². The molecule has 0 aromatic heterocycles. The van der Waals surface area contributed by atoms with E-state index in [9.17, 15) is 34.8 Å². The molecular formula is C23H19NO7. The topological polar surface area (TPSA) is 158 Å². The molecule has 1 aromatic carbocycles. The Kier molecular flexibility index (Phi) is 4.52. The molecule has 6 N–H and O–H groups in total. The maximum Gasteiger partial charge on any atom is 0.255 e. The van der Waals surface area contributed by atoms with E-state index in [1.165, 1.54) is 12.1 Å². The molecule has 0 unspecified atom stereocenters.